The Bertz CT molecular complexity index is 989. The summed E-state index contributed by atoms with van der Waals surface area (Å²) < 4.78 is 12.0. The molecule has 4 rings (SSSR count). The molecule has 0 spiro atoms. The van der Waals surface area contributed by atoms with Crippen LogP contribution < -0.4 is 0 Å². The van der Waals surface area contributed by atoms with Crippen LogP contribution in [-0.2, 0) is 19.1 Å². The van der Waals surface area contributed by atoms with Gasteiger partial charge in [0.15, 0.2) is 5.78 Å². The molecule has 2 bridgehead atoms. The molecule has 0 aromatic rings. The number of carbonyl (C=O) groups excluding carboxylic acids is 2. The third-order valence-electron chi connectivity index (χ3n) is 9.22. The molecule has 0 unspecified atom stereocenters. The number of ether oxygens (including phenoxy) is 2. The van der Waals surface area contributed by atoms with Crippen molar-refractivity contribution in [3.8, 4) is 0 Å². The first-order valence-corrected chi connectivity index (χ1v) is 13.1. The van der Waals surface area contributed by atoms with Gasteiger partial charge in [0, 0.05) is 124 Å². The summed E-state index contributed by atoms with van der Waals surface area (Å²) in [6.45, 7) is 7.70. The van der Waals surface area contributed by atoms with Gasteiger partial charge in [-0.05, 0) is 30.7 Å². The fraction of sp³-hybridized carbons (Fsp3) is 0.792. The van der Waals surface area contributed by atoms with E-state index in [1.807, 2.05) is 0 Å². The van der Waals surface area contributed by atoms with Crippen LogP contribution >= 0.6 is 24.0 Å². The molecule has 36 heavy (non-hydrogen) atoms. The smallest absolute Gasteiger partial charge is 0.303 e. The molecule has 12 heteroatoms. The van der Waals surface area contributed by atoms with Crippen LogP contribution in [0.5, 0.6) is 0 Å². The van der Waals surface area contributed by atoms with Crippen molar-refractivity contribution in [2.75, 3.05) is 12.9 Å². The van der Waals surface area contributed by atoms with Crippen molar-refractivity contribution in [2.24, 2.45) is 22.7 Å². The molecule has 9 atom stereocenters. The molecule has 4 aliphatic rings. The summed E-state index contributed by atoms with van der Waals surface area (Å²) in [7, 11) is 0. The van der Waals surface area contributed by atoms with Gasteiger partial charge in [0.25, 0.3) is 0 Å². The summed E-state index contributed by atoms with van der Waals surface area (Å²) >= 11 is 6.95. The summed E-state index contributed by atoms with van der Waals surface area (Å²) in [5, 5.41) is 46.6. The number of esters is 1. The first-order valence-electron chi connectivity index (χ1n) is 11.5. The fourth-order valence-corrected chi connectivity index (χ4v) is 8.16. The van der Waals surface area contributed by atoms with Crippen LogP contribution in [0.1, 0.15) is 47.5 Å². The second kappa shape index (κ2) is 11.4. The molecule has 3 aliphatic carbocycles. The van der Waals surface area contributed by atoms with Gasteiger partial charge in [0.1, 0.15) is 23.4 Å². The van der Waals surface area contributed by atoms with Crippen molar-refractivity contribution in [3.63, 3.8) is 0 Å². The van der Waals surface area contributed by atoms with Gasteiger partial charge in [-0.1, -0.05) is 33.0 Å². The van der Waals surface area contributed by atoms with Gasteiger partial charge in [-0.25, -0.2) is 0 Å². The fourth-order valence-electron chi connectivity index (χ4n) is 7.20. The average Bonchev–Trinajstić information content (AvgIpc) is 2.73. The second-order valence-corrected chi connectivity index (χ2v) is 12.6. The predicted molar refractivity (Wildman–Crippen MR) is 129 cm³/mol. The Hall–Kier alpha value is 2.00. The molecule has 3 fully saturated rings. The number of thiocarbonyl (C=S) groups is 1. The van der Waals surface area contributed by atoms with E-state index in [1.165, 1.54) is 18.7 Å². The molecule has 196 valence electrons. The quantitative estimate of drug-likeness (QED) is 0.182. The van der Waals surface area contributed by atoms with Crippen molar-refractivity contribution in [3.05, 3.63) is 11.1 Å². The van der Waals surface area contributed by atoms with Crippen LogP contribution in [-0.4, -0.2) is 84.9 Å². The Morgan fingerprint density at radius 2 is 1.78 bits per heavy atom. The van der Waals surface area contributed by atoms with E-state index in [2.05, 4.69) is 0 Å². The zero-order valence-corrected chi connectivity index (χ0v) is 32.6. The number of thioether (sulfide) groups is 1. The van der Waals surface area contributed by atoms with Crippen molar-refractivity contribution in [1.29, 1.82) is 0 Å². The van der Waals surface area contributed by atoms with Crippen molar-refractivity contribution in [1.82, 2.24) is 0 Å². The molecular weight excluding hydrogens is 934 g/mol. The maximum absolute atomic E-state index is 14.3. The average molecular weight is 969 g/mol. The summed E-state index contributed by atoms with van der Waals surface area (Å²) in [5.41, 5.74) is -5.63. The van der Waals surface area contributed by atoms with E-state index in [0.717, 1.165) is 0 Å². The van der Waals surface area contributed by atoms with Gasteiger partial charge < -0.3 is 29.9 Å². The van der Waals surface area contributed by atoms with Crippen LogP contribution in [0.25, 0.3) is 0 Å². The molecule has 0 aromatic heterocycles. The Balaban J connectivity index is 0.00000228. The Morgan fingerprint density at radius 1 is 1.19 bits per heavy atom. The Labute approximate surface area is 293 Å². The maximum Gasteiger partial charge on any atom is 0.303 e. The van der Waals surface area contributed by atoms with Gasteiger partial charge in [-0.2, -0.15) is 0 Å². The van der Waals surface area contributed by atoms with E-state index in [-0.39, 0.29) is 113 Å². The number of ketones is 1. The molecule has 4 N–H and O–H groups in total. The molecule has 8 nitrogen and oxygen atoms in total. The molecule has 2 saturated carbocycles. The number of rotatable bonds is 2. The Kier molecular flexibility index (Phi) is 10.8. The SMILES string of the molecule is CSC(=S)[C@H]1C[C@H]2OC[C@@]2(O)[C@H]2[C@H](OC(C)=O)[C@]3(O)C[C@H](O)C(C)=C([C@@H](O)C(=O)[C@]12C)C3(C)C.[Ac].[Ac]. The second-order valence-electron chi connectivity index (χ2n) is 11.0. The molecule has 0 amide bonds. The van der Waals surface area contributed by atoms with Gasteiger partial charge >= 0.3 is 5.97 Å². The predicted octanol–water partition coefficient (Wildman–Crippen LogP) is 1.16. The van der Waals surface area contributed by atoms with Gasteiger partial charge in [0.05, 0.1) is 23.0 Å². The van der Waals surface area contributed by atoms with Crippen LogP contribution in [0.3, 0.4) is 0 Å². The minimum Gasteiger partial charge on any atom is -0.459 e. The van der Waals surface area contributed by atoms with E-state index in [0.29, 0.717) is 9.77 Å². The number of hydrogen-bond donors (Lipinski definition) is 4. The number of fused-ring (bicyclic) bond motifs is 5. The number of hydrogen-bond acceptors (Lipinski definition) is 10. The zero-order valence-electron chi connectivity index (χ0n) is 21.5. The zero-order chi connectivity index (χ0) is 25.6. The normalized spacial score (nSPS) is 44.9. The number of aliphatic hydroxyl groups is 4. The molecule has 2 radical (unpaired) electrons. The van der Waals surface area contributed by atoms with Crippen molar-refractivity contribution in [2.45, 2.75) is 83.1 Å². The van der Waals surface area contributed by atoms with Crippen molar-refractivity contribution >= 4 is 39.9 Å². The largest absolute Gasteiger partial charge is 0.459 e. The molecular formula is C24H34Ac2O8S2. The summed E-state index contributed by atoms with van der Waals surface area (Å²) in [6, 6.07) is 0. The number of aliphatic hydroxyl groups excluding tert-OH is 2. The van der Waals surface area contributed by atoms with E-state index in [4.69, 9.17) is 21.7 Å². The summed E-state index contributed by atoms with van der Waals surface area (Å²) in [6.07, 6.45) is -3.01. The van der Waals surface area contributed by atoms with E-state index >= 15 is 0 Å². The molecule has 1 aliphatic heterocycles. The van der Waals surface area contributed by atoms with Crippen LogP contribution in [0.4, 0.5) is 0 Å². The standard InChI is InChI=1S/C24H34O8S2.2Ac/c1-10-13(26)8-24(30)19(32-11(2)25)17-22(5,18(28)16(27)15(10)21(24,3)4)12(20(33)34-6)7-14-23(17,29)9-31-14;;/h12-14,16-17,19,26-27,29-30H,7-9H2,1-6H3;;/t12-,13+,14-,16-,17+,19+,22-,23+,24-;;/m1../s1. The Morgan fingerprint density at radius 3 is 2.25 bits per heavy atom. The van der Waals surface area contributed by atoms with E-state index in [1.54, 1.807) is 34.0 Å². The monoisotopic (exact) mass is 968 g/mol. The third-order valence-corrected chi connectivity index (χ3v) is 10.7. The van der Waals surface area contributed by atoms with E-state index in [9.17, 15) is 30.0 Å². The number of carbonyl (C=O) groups is 2. The van der Waals surface area contributed by atoms with E-state index < -0.39 is 70.0 Å². The van der Waals surface area contributed by atoms with Crippen LogP contribution in [0.2, 0.25) is 0 Å². The van der Waals surface area contributed by atoms with Crippen molar-refractivity contribution < 1.29 is 128 Å². The molecule has 1 saturated heterocycles. The first kappa shape index (κ1) is 34.2. The van der Waals surface area contributed by atoms with Gasteiger partial charge in [-0.3, -0.25) is 9.59 Å². The van der Waals surface area contributed by atoms with Gasteiger partial charge in [-0.15, -0.1) is 11.8 Å². The summed E-state index contributed by atoms with van der Waals surface area (Å²) in [4.78, 5) is 26.7. The van der Waals surface area contributed by atoms with Gasteiger partial charge in [0.2, 0.25) is 0 Å². The molecule has 0 aromatic carbocycles. The minimum absolute atomic E-state index is 0. The third kappa shape index (κ3) is 4.59. The van der Waals surface area contributed by atoms with Crippen LogP contribution in [0.15, 0.2) is 11.1 Å². The van der Waals surface area contributed by atoms with Crippen LogP contribution in [0, 0.1) is 111 Å². The molecule has 1 heterocycles. The minimum atomic E-state index is -1.90. The topological polar surface area (TPSA) is 134 Å². The number of Topliss-reactive ketones (excluding diaryl/α,β-unsaturated/α-hetero) is 1. The maximum atomic E-state index is 14.3. The summed E-state index contributed by atoms with van der Waals surface area (Å²) in [5.74, 6) is -2.99. The first-order chi connectivity index (χ1) is 15.6.